The molecular formula is C14H17Cl2NO4. The molecule has 0 radical (unpaired) electrons. The van der Waals surface area contributed by atoms with Crippen molar-refractivity contribution in [2.45, 2.75) is 32.4 Å². The van der Waals surface area contributed by atoms with Crippen molar-refractivity contribution in [3.63, 3.8) is 0 Å². The summed E-state index contributed by atoms with van der Waals surface area (Å²) in [6, 6.07) is 3.41. The molecule has 0 aliphatic heterocycles. The second kappa shape index (κ2) is 7.11. The number of esters is 1. The summed E-state index contributed by atoms with van der Waals surface area (Å²) < 4.78 is 5.11. The third kappa shape index (κ3) is 5.19. The van der Waals surface area contributed by atoms with E-state index in [0.29, 0.717) is 0 Å². The lowest BCUT2D eigenvalue weighted by Gasteiger charge is -2.23. The highest BCUT2D eigenvalue weighted by Gasteiger charge is 2.27. The fourth-order valence-corrected chi connectivity index (χ4v) is 2.07. The van der Waals surface area contributed by atoms with Crippen molar-refractivity contribution in [2.24, 2.45) is 0 Å². The third-order valence-electron chi connectivity index (χ3n) is 2.37. The first kappa shape index (κ1) is 17.8. The molecule has 1 amide bonds. The predicted molar refractivity (Wildman–Crippen MR) is 80.6 cm³/mol. The van der Waals surface area contributed by atoms with Crippen molar-refractivity contribution in [2.75, 3.05) is 6.61 Å². The fraction of sp³-hybridized carbons (Fsp3) is 0.429. The molecule has 7 heteroatoms. The van der Waals surface area contributed by atoms with Gasteiger partial charge < -0.3 is 15.2 Å². The van der Waals surface area contributed by atoms with Crippen LogP contribution in [0.15, 0.2) is 18.2 Å². The van der Waals surface area contributed by atoms with Crippen molar-refractivity contribution >= 4 is 35.1 Å². The molecule has 0 fully saturated rings. The number of nitrogens with one attached hydrogen (secondary N) is 1. The predicted octanol–water partition coefficient (Wildman–Crippen LogP) is 2.43. The van der Waals surface area contributed by atoms with Gasteiger partial charge in [0.1, 0.15) is 5.60 Å². The topological polar surface area (TPSA) is 75.6 Å². The zero-order chi connectivity index (χ0) is 16.2. The van der Waals surface area contributed by atoms with Crippen molar-refractivity contribution < 1.29 is 19.4 Å². The van der Waals surface area contributed by atoms with E-state index < -0.39 is 30.1 Å². The number of carbonyl (C=O) groups excluding carboxylic acids is 2. The standard InChI is InChI=1S/C14H17Cl2NO4/c1-14(2,3)21-13(20)10(7-18)17-12(19)11-8(15)5-4-6-9(11)16/h4-6,10,18H,7H2,1-3H3,(H,17,19)/t10-/m0/s1. The average Bonchev–Trinajstić information content (AvgIpc) is 2.33. The van der Waals surface area contributed by atoms with E-state index in [1.54, 1.807) is 26.8 Å². The van der Waals surface area contributed by atoms with Gasteiger partial charge in [0.25, 0.3) is 5.91 Å². The molecule has 1 rings (SSSR count). The lowest BCUT2D eigenvalue weighted by molar-refractivity contribution is -0.158. The summed E-state index contributed by atoms with van der Waals surface area (Å²) in [7, 11) is 0. The van der Waals surface area contributed by atoms with E-state index in [9.17, 15) is 14.7 Å². The van der Waals surface area contributed by atoms with E-state index in [1.807, 2.05) is 0 Å². The molecule has 5 nitrogen and oxygen atoms in total. The van der Waals surface area contributed by atoms with E-state index >= 15 is 0 Å². The maximum atomic E-state index is 12.1. The second-order valence-electron chi connectivity index (χ2n) is 5.34. The van der Waals surface area contributed by atoms with Gasteiger partial charge in [-0.1, -0.05) is 29.3 Å². The molecule has 0 aliphatic rings. The number of benzene rings is 1. The fourth-order valence-electron chi connectivity index (χ4n) is 1.50. The zero-order valence-electron chi connectivity index (χ0n) is 11.9. The third-order valence-corrected chi connectivity index (χ3v) is 3.00. The van der Waals surface area contributed by atoms with Crippen LogP contribution in [0.5, 0.6) is 0 Å². The average molecular weight is 334 g/mol. The number of hydrogen-bond donors (Lipinski definition) is 2. The summed E-state index contributed by atoms with van der Waals surface area (Å²) in [6.45, 7) is 4.47. The van der Waals surface area contributed by atoms with Crippen molar-refractivity contribution in [1.82, 2.24) is 5.32 Å². The highest BCUT2D eigenvalue weighted by molar-refractivity contribution is 6.39. The van der Waals surface area contributed by atoms with Gasteiger partial charge in [-0.25, -0.2) is 4.79 Å². The molecule has 0 bridgehead atoms. The van der Waals surface area contributed by atoms with Crippen molar-refractivity contribution in [1.29, 1.82) is 0 Å². The van der Waals surface area contributed by atoms with E-state index in [4.69, 9.17) is 27.9 Å². The van der Waals surface area contributed by atoms with Gasteiger partial charge >= 0.3 is 5.97 Å². The summed E-state index contributed by atoms with van der Waals surface area (Å²) in [5.41, 5.74) is -0.681. The lowest BCUT2D eigenvalue weighted by Crippen LogP contribution is -2.46. The van der Waals surface area contributed by atoms with Crippen LogP contribution in [0, 0.1) is 0 Å². The number of halogens is 2. The first-order chi connectivity index (χ1) is 9.65. The van der Waals surface area contributed by atoms with E-state index in [0.717, 1.165) is 0 Å². The SMILES string of the molecule is CC(C)(C)OC(=O)[C@H](CO)NC(=O)c1c(Cl)cccc1Cl. The molecule has 1 atom stereocenters. The molecule has 116 valence electrons. The Kier molecular flexibility index (Phi) is 6.01. The Balaban J connectivity index is 2.87. The number of aliphatic hydroxyl groups excluding tert-OH is 1. The number of carbonyl (C=O) groups is 2. The van der Waals surface area contributed by atoms with Gasteiger partial charge in [0.15, 0.2) is 6.04 Å². The van der Waals surface area contributed by atoms with Gasteiger partial charge in [-0.15, -0.1) is 0 Å². The summed E-state index contributed by atoms with van der Waals surface area (Å²) in [4.78, 5) is 24.0. The van der Waals surface area contributed by atoms with Gasteiger partial charge in [-0.3, -0.25) is 4.79 Å². The van der Waals surface area contributed by atoms with E-state index in [1.165, 1.54) is 12.1 Å². The van der Waals surface area contributed by atoms with Crippen LogP contribution in [0.3, 0.4) is 0 Å². The monoisotopic (exact) mass is 333 g/mol. The second-order valence-corrected chi connectivity index (χ2v) is 6.15. The van der Waals surface area contributed by atoms with Gasteiger partial charge in [-0.2, -0.15) is 0 Å². The molecule has 0 heterocycles. The molecule has 1 aromatic carbocycles. The largest absolute Gasteiger partial charge is 0.458 e. The Morgan fingerprint density at radius 1 is 1.29 bits per heavy atom. The smallest absolute Gasteiger partial charge is 0.331 e. The number of hydrogen-bond acceptors (Lipinski definition) is 4. The molecule has 1 aromatic rings. The van der Waals surface area contributed by atoms with Gasteiger partial charge in [0.05, 0.1) is 22.2 Å². The van der Waals surface area contributed by atoms with Gasteiger partial charge in [0.2, 0.25) is 0 Å². The Labute approximate surface area is 133 Å². The number of amides is 1. The molecule has 0 saturated carbocycles. The molecule has 0 spiro atoms. The van der Waals surface area contributed by atoms with Crippen LogP contribution in [0.2, 0.25) is 10.0 Å². The van der Waals surface area contributed by atoms with Gasteiger partial charge in [-0.05, 0) is 32.9 Å². The first-order valence-corrected chi connectivity index (χ1v) is 7.00. The number of aliphatic hydroxyl groups is 1. The summed E-state index contributed by atoms with van der Waals surface area (Å²) in [5, 5.41) is 11.9. The molecule has 0 unspecified atom stereocenters. The van der Waals surface area contributed by atoms with Crippen LogP contribution in [0.25, 0.3) is 0 Å². The molecule has 0 saturated heterocycles. The first-order valence-electron chi connectivity index (χ1n) is 6.24. The van der Waals surface area contributed by atoms with Gasteiger partial charge in [0, 0.05) is 0 Å². The number of rotatable bonds is 4. The molecule has 21 heavy (non-hydrogen) atoms. The summed E-state index contributed by atoms with van der Waals surface area (Å²) in [5.74, 6) is -1.39. The van der Waals surface area contributed by atoms with Crippen LogP contribution in [0.1, 0.15) is 31.1 Å². The highest BCUT2D eigenvalue weighted by Crippen LogP contribution is 2.24. The Morgan fingerprint density at radius 3 is 2.24 bits per heavy atom. The normalized spacial score (nSPS) is 12.7. The minimum absolute atomic E-state index is 0.0443. The Hall–Kier alpha value is -1.30. The molecule has 0 aliphatic carbocycles. The maximum Gasteiger partial charge on any atom is 0.331 e. The highest BCUT2D eigenvalue weighted by atomic mass is 35.5. The minimum Gasteiger partial charge on any atom is -0.458 e. The van der Waals surface area contributed by atoms with E-state index in [2.05, 4.69) is 5.32 Å². The van der Waals surface area contributed by atoms with Crippen molar-refractivity contribution in [3.05, 3.63) is 33.8 Å². The number of ether oxygens (including phenoxy) is 1. The summed E-state index contributed by atoms with van der Waals surface area (Å²) >= 11 is 11.8. The quantitative estimate of drug-likeness (QED) is 0.829. The Morgan fingerprint density at radius 2 is 1.81 bits per heavy atom. The minimum atomic E-state index is -1.19. The van der Waals surface area contributed by atoms with Crippen LogP contribution >= 0.6 is 23.2 Å². The molecule has 2 N–H and O–H groups in total. The van der Waals surface area contributed by atoms with E-state index in [-0.39, 0.29) is 15.6 Å². The summed E-state index contributed by atoms with van der Waals surface area (Å²) in [6.07, 6.45) is 0. The molecular weight excluding hydrogens is 317 g/mol. The Bertz CT molecular complexity index is 520. The van der Waals surface area contributed by atoms with Crippen LogP contribution in [-0.4, -0.2) is 35.2 Å². The maximum absolute atomic E-state index is 12.1. The zero-order valence-corrected chi connectivity index (χ0v) is 13.5. The van der Waals surface area contributed by atoms with Crippen LogP contribution in [0.4, 0.5) is 0 Å². The van der Waals surface area contributed by atoms with Crippen molar-refractivity contribution in [3.8, 4) is 0 Å². The molecule has 0 aromatic heterocycles. The van der Waals surface area contributed by atoms with Crippen LogP contribution < -0.4 is 5.32 Å². The van der Waals surface area contributed by atoms with Crippen LogP contribution in [-0.2, 0) is 9.53 Å². The lowest BCUT2D eigenvalue weighted by atomic mass is 10.1.